The van der Waals surface area contributed by atoms with E-state index in [0.29, 0.717) is 19.8 Å². The van der Waals surface area contributed by atoms with Crippen molar-refractivity contribution in [1.82, 2.24) is 15.5 Å². The van der Waals surface area contributed by atoms with Gasteiger partial charge in [-0.2, -0.15) is 0 Å². The summed E-state index contributed by atoms with van der Waals surface area (Å²) in [6.45, 7) is 6.75. The predicted molar refractivity (Wildman–Crippen MR) is 92.4 cm³/mol. The third-order valence-corrected chi connectivity index (χ3v) is 4.03. The van der Waals surface area contributed by atoms with E-state index >= 15 is 0 Å². The zero-order chi connectivity index (χ0) is 16.3. The molecule has 1 aromatic carbocycles. The molecule has 1 unspecified atom stereocenters. The van der Waals surface area contributed by atoms with E-state index < -0.39 is 0 Å². The quantitative estimate of drug-likeness (QED) is 0.773. The van der Waals surface area contributed by atoms with Crippen LogP contribution in [-0.4, -0.2) is 49.8 Å². The van der Waals surface area contributed by atoms with Gasteiger partial charge < -0.3 is 20.3 Å². The molecule has 5 heteroatoms. The highest BCUT2D eigenvalue weighted by atomic mass is 16.5. The van der Waals surface area contributed by atoms with Crippen molar-refractivity contribution in [2.24, 2.45) is 0 Å². The molecule has 0 bridgehead atoms. The predicted octanol–water partition coefficient (Wildman–Crippen LogP) is 2.38. The number of rotatable bonds is 8. The number of likely N-dealkylation sites (tertiary alicyclic amines) is 1. The number of amides is 2. The molecule has 0 radical (unpaired) electrons. The van der Waals surface area contributed by atoms with Crippen LogP contribution in [0.5, 0.6) is 0 Å². The van der Waals surface area contributed by atoms with Crippen LogP contribution in [0.3, 0.4) is 0 Å². The molecule has 0 aromatic heterocycles. The molecule has 1 aliphatic rings. The van der Waals surface area contributed by atoms with Crippen molar-refractivity contribution in [3.8, 4) is 0 Å². The molecule has 1 aromatic rings. The number of ether oxygens (including phenoxy) is 1. The van der Waals surface area contributed by atoms with Gasteiger partial charge in [0.1, 0.15) is 0 Å². The Kier molecular flexibility index (Phi) is 7.90. The maximum atomic E-state index is 11.8. The van der Waals surface area contributed by atoms with Gasteiger partial charge in [0.05, 0.1) is 19.3 Å². The van der Waals surface area contributed by atoms with Crippen LogP contribution < -0.4 is 10.6 Å². The molecule has 1 heterocycles. The molecule has 0 spiro atoms. The number of nitrogens with one attached hydrogen (secondary N) is 2. The molecule has 2 amide bonds. The van der Waals surface area contributed by atoms with Gasteiger partial charge >= 0.3 is 6.03 Å². The topological polar surface area (TPSA) is 53.6 Å². The molecule has 1 aliphatic heterocycles. The number of carbonyl (C=O) groups is 1. The van der Waals surface area contributed by atoms with Gasteiger partial charge in [0.25, 0.3) is 0 Å². The van der Waals surface area contributed by atoms with Crippen LogP contribution in [0.1, 0.15) is 31.7 Å². The number of benzene rings is 1. The van der Waals surface area contributed by atoms with Crippen molar-refractivity contribution in [3.63, 3.8) is 0 Å². The normalized spacial score (nSPS) is 16.7. The molecule has 2 rings (SSSR count). The van der Waals surface area contributed by atoms with E-state index in [1.54, 1.807) is 0 Å². The summed E-state index contributed by atoms with van der Waals surface area (Å²) >= 11 is 0. The van der Waals surface area contributed by atoms with Gasteiger partial charge in [-0.3, -0.25) is 0 Å². The van der Waals surface area contributed by atoms with Gasteiger partial charge in [0.2, 0.25) is 0 Å². The molecule has 2 N–H and O–H groups in total. The smallest absolute Gasteiger partial charge is 0.315 e. The first kappa shape index (κ1) is 17.8. The van der Waals surface area contributed by atoms with Crippen molar-refractivity contribution in [3.05, 3.63) is 35.9 Å². The summed E-state index contributed by atoms with van der Waals surface area (Å²) in [5.74, 6) is 0. The van der Waals surface area contributed by atoms with Gasteiger partial charge in [-0.1, -0.05) is 36.8 Å². The molecule has 5 nitrogen and oxygen atoms in total. The second-order valence-corrected chi connectivity index (χ2v) is 6.06. The fourth-order valence-corrected chi connectivity index (χ4v) is 2.88. The Morgan fingerprint density at radius 1 is 1.22 bits per heavy atom. The van der Waals surface area contributed by atoms with E-state index in [9.17, 15) is 4.79 Å². The van der Waals surface area contributed by atoms with Crippen LogP contribution in [0.2, 0.25) is 0 Å². The summed E-state index contributed by atoms with van der Waals surface area (Å²) in [6, 6.07) is 10.0. The fourth-order valence-electron chi connectivity index (χ4n) is 2.88. The highest BCUT2D eigenvalue weighted by molar-refractivity contribution is 5.74. The van der Waals surface area contributed by atoms with Crippen LogP contribution in [0.4, 0.5) is 4.79 Å². The molecule has 1 fully saturated rings. The molecular weight excluding hydrogens is 290 g/mol. The molecule has 1 saturated heterocycles. The Hall–Kier alpha value is -1.59. The van der Waals surface area contributed by atoms with Crippen LogP contribution >= 0.6 is 0 Å². The lowest BCUT2D eigenvalue weighted by atomic mass is 10.1. The van der Waals surface area contributed by atoms with Crippen LogP contribution in [0, 0.1) is 0 Å². The van der Waals surface area contributed by atoms with Crippen LogP contribution in [0.25, 0.3) is 0 Å². The Balaban J connectivity index is 1.80. The number of hydrogen-bond acceptors (Lipinski definition) is 3. The fraction of sp³-hybridized carbons (Fsp3) is 0.611. The average Bonchev–Trinajstić information content (AvgIpc) is 2.57. The third kappa shape index (κ3) is 7.01. The van der Waals surface area contributed by atoms with Gasteiger partial charge in [-0.15, -0.1) is 0 Å². The summed E-state index contributed by atoms with van der Waals surface area (Å²) in [6.07, 6.45) is 3.81. The first-order valence-corrected chi connectivity index (χ1v) is 8.66. The van der Waals surface area contributed by atoms with Gasteiger partial charge in [0.15, 0.2) is 0 Å². The maximum Gasteiger partial charge on any atom is 0.315 e. The third-order valence-electron chi connectivity index (χ3n) is 4.03. The SMILES string of the molecule is CCNC(=O)NC(COCc1ccccc1)CN1CCCCC1. The molecule has 1 atom stereocenters. The lowest BCUT2D eigenvalue weighted by Gasteiger charge is -2.30. The maximum absolute atomic E-state index is 11.8. The Labute approximate surface area is 139 Å². The molecule has 128 valence electrons. The van der Waals surface area contributed by atoms with Crippen molar-refractivity contribution in [1.29, 1.82) is 0 Å². The van der Waals surface area contributed by atoms with Gasteiger partial charge in [-0.05, 0) is 38.4 Å². The summed E-state index contributed by atoms with van der Waals surface area (Å²) in [4.78, 5) is 14.3. The van der Waals surface area contributed by atoms with E-state index in [-0.39, 0.29) is 12.1 Å². The zero-order valence-corrected chi connectivity index (χ0v) is 14.1. The van der Waals surface area contributed by atoms with Crippen molar-refractivity contribution < 1.29 is 9.53 Å². The zero-order valence-electron chi connectivity index (χ0n) is 14.1. The molecule has 23 heavy (non-hydrogen) atoms. The average molecular weight is 319 g/mol. The number of nitrogens with zero attached hydrogens (tertiary/aromatic N) is 1. The van der Waals surface area contributed by atoms with Gasteiger partial charge in [-0.25, -0.2) is 4.79 Å². The van der Waals surface area contributed by atoms with E-state index in [2.05, 4.69) is 27.7 Å². The largest absolute Gasteiger partial charge is 0.375 e. The van der Waals surface area contributed by atoms with E-state index in [1.807, 2.05) is 25.1 Å². The summed E-state index contributed by atoms with van der Waals surface area (Å²) in [5.41, 5.74) is 1.15. The van der Waals surface area contributed by atoms with Crippen LogP contribution in [-0.2, 0) is 11.3 Å². The first-order valence-electron chi connectivity index (χ1n) is 8.66. The summed E-state index contributed by atoms with van der Waals surface area (Å²) < 4.78 is 5.83. The minimum absolute atomic E-state index is 0.0170. The summed E-state index contributed by atoms with van der Waals surface area (Å²) in [7, 11) is 0. The van der Waals surface area contributed by atoms with E-state index in [1.165, 1.54) is 19.3 Å². The van der Waals surface area contributed by atoms with Crippen molar-refractivity contribution >= 4 is 6.03 Å². The van der Waals surface area contributed by atoms with E-state index in [0.717, 1.165) is 25.2 Å². The minimum Gasteiger partial charge on any atom is -0.375 e. The summed E-state index contributed by atoms with van der Waals surface area (Å²) in [5, 5.41) is 5.83. The monoisotopic (exact) mass is 319 g/mol. The Bertz CT molecular complexity index is 447. The number of hydrogen-bond donors (Lipinski definition) is 2. The standard InChI is InChI=1S/C18H29N3O2/c1-2-19-18(22)20-17(13-21-11-7-4-8-12-21)15-23-14-16-9-5-3-6-10-16/h3,5-6,9-10,17H,2,4,7-8,11-15H2,1H3,(H2,19,20,22). The Morgan fingerprint density at radius 3 is 2.65 bits per heavy atom. The number of urea groups is 1. The Morgan fingerprint density at radius 2 is 1.96 bits per heavy atom. The second kappa shape index (κ2) is 10.2. The first-order chi connectivity index (χ1) is 11.3. The lowest BCUT2D eigenvalue weighted by molar-refractivity contribution is 0.0835. The van der Waals surface area contributed by atoms with Gasteiger partial charge in [0, 0.05) is 13.1 Å². The van der Waals surface area contributed by atoms with Crippen molar-refractivity contribution in [2.75, 3.05) is 32.8 Å². The molecule has 0 aliphatic carbocycles. The minimum atomic E-state index is -0.113. The number of carbonyl (C=O) groups excluding carboxylic acids is 1. The van der Waals surface area contributed by atoms with E-state index in [4.69, 9.17) is 4.74 Å². The molecule has 0 saturated carbocycles. The highest BCUT2D eigenvalue weighted by Crippen LogP contribution is 2.09. The highest BCUT2D eigenvalue weighted by Gasteiger charge is 2.18. The number of piperidine rings is 1. The second-order valence-electron chi connectivity index (χ2n) is 6.06. The van der Waals surface area contributed by atoms with Crippen molar-refractivity contribution in [2.45, 2.75) is 38.8 Å². The van der Waals surface area contributed by atoms with Crippen LogP contribution in [0.15, 0.2) is 30.3 Å². The lowest BCUT2D eigenvalue weighted by Crippen LogP contribution is -2.50. The molecular formula is C18H29N3O2.